The summed E-state index contributed by atoms with van der Waals surface area (Å²) < 4.78 is 1.98. The molecule has 0 bridgehead atoms. The van der Waals surface area contributed by atoms with Gasteiger partial charge in [0.1, 0.15) is 0 Å². The smallest absolute Gasteiger partial charge is 0.167 e. The molecule has 0 atom stereocenters. The number of hydrogen-bond acceptors (Lipinski definition) is 2. The number of hydrogen-bond donors (Lipinski definition) is 0. The summed E-state index contributed by atoms with van der Waals surface area (Å²) in [6.07, 6.45) is 1.88. The van der Waals surface area contributed by atoms with Crippen molar-refractivity contribution in [1.82, 2.24) is 4.57 Å². The van der Waals surface area contributed by atoms with Crippen molar-refractivity contribution in [2.24, 2.45) is 5.92 Å². The summed E-state index contributed by atoms with van der Waals surface area (Å²) in [5.74, 6) is 0.0797. The van der Waals surface area contributed by atoms with Crippen LogP contribution in [0.5, 0.6) is 0 Å². The van der Waals surface area contributed by atoms with Crippen molar-refractivity contribution < 1.29 is 4.79 Å². The Kier molecular flexibility index (Phi) is 3.52. The van der Waals surface area contributed by atoms with Gasteiger partial charge in [-0.2, -0.15) is 5.26 Å². The number of para-hydroxylation sites is 1. The largest absolute Gasteiger partial charge is 0.316 e. The monoisotopic (exact) mass is 288 g/mol. The lowest BCUT2D eigenvalue weighted by Crippen LogP contribution is -2.06. The van der Waals surface area contributed by atoms with Crippen molar-refractivity contribution >= 4 is 16.7 Å². The van der Waals surface area contributed by atoms with Gasteiger partial charge in [-0.25, -0.2) is 0 Å². The van der Waals surface area contributed by atoms with E-state index in [0.29, 0.717) is 5.56 Å². The minimum atomic E-state index is -0.0512. The fourth-order valence-corrected chi connectivity index (χ4v) is 2.63. The number of carbonyl (C=O) groups excluding carboxylic acids is 1. The molecule has 0 aliphatic rings. The first kappa shape index (κ1) is 14.1. The Morgan fingerprint density at radius 1 is 1.14 bits per heavy atom. The molecule has 3 heteroatoms. The topological polar surface area (TPSA) is 45.8 Å². The second kappa shape index (κ2) is 5.50. The average Bonchev–Trinajstić information content (AvgIpc) is 2.93. The van der Waals surface area contributed by atoms with Crippen LogP contribution in [0.3, 0.4) is 0 Å². The van der Waals surface area contributed by atoms with Gasteiger partial charge in [0.15, 0.2) is 5.78 Å². The van der Waals surface area contributed by atoms with Crippen molar-refractivity contribution in [2.45, 2.75) is 13.8 Å². The van der Waals surface area contributed by atoms with E-state index in [1.807, 2.05) is 67.1 Å². The van der Waals surface area contributed by atoms with E-state index in [9.17, 15) is 4.79 Å². The van der Waals surface area contributed by atoms with Gasteiger partial charge >= 0.3 is 0 Å². The van der Waals surface area contributed by atoms with Crippen LogP contribution in [0, 0.1) is 17.2 Å². The quantitative estimate of drug-likeness (QED) is 0.673. The third-order valence-corrected chi connectivity index (χ3v) is 3.76. The van der Waals surface area contributed by atoms with Crippen LogP contribution in [0.25, 0.3) is 16.6 Å². The minimum Gasteiger partial charge on any atom is -0.316 e. The van der Waals surface area contributed by atoms with Gasteiger partial charge in [-0.3, -0.25) is 4.79 Å². The van der Waals surface area contributed by atoms with E-state index in [4.69, 9.17) is 5.26 Å². The molecule has 3 aromatic rings. The molecule has 0 aliphatic heterocycles. The van der Waals surface area contributed by atoms with E-state index in [0.717, 1.165) is 22.2 Å². The van der Waals surface area contributed by atoms with Crippen LogP contribution in [0.2, 0.25) is 0 Å². The number of rotatable bonds is 3. The summed E-state index contributed by atoms with van der Waals surface area (Å²) in [5.41, 5.74) is 3.19. The van der Waals surface area contributed by atoms with Crippen LogP contribution < -0.4 is 0 Å². The van der Waals surface area contributed by atoms with Gasteiger partial charge in [-0.05, 0) is 24.3 Å². The molecule has 0 N–H and O–H groups in total. The molecule has 1 aromatic heterocycles. The summed E-state index contributed by atoms with van der Waals surface area (Å²) in [6, 6.07) is 17.4. The summed E-state index contributed by atoms with van der Waals surface area (Å²) in [4.78, 5) is 12.5. The molecule has 3 nitrogen and oxygen atoms in total. The number of benzene rings is 2. The predicted octanol–water partition coefficient (Wildman–Crippen LogP) is 4.34. The van der Waals surface area contributed by atoms with Crippen LogP contribution in [-0.4, -0.2) is 10.4 Å². The molecule has 0 amide bonds. The summed E-state index contributed by atoms with van der Waals surface area (Å²) in [7, 11) is 0. The van der Waals surface area contributed by atoms with Gasteiger partial charge < -0.3 is 4.57 Å². The first-order valence-corrected chi connectivity index (χ1v) is 7.26. The zero-order valence-electron chi connectivity index (χ0n) is 12.6. The number of ketones is 1. The number of Topliss-reactive ketones (excluding diaryl/α,β-unsaturated/α-hetero) is 1. The molecule has 3 rings (SSSR count). The summed E-state index contributed by atoms with van der Waals surface area (Å²) in [6.45, 7) is 3.81. The highest BCUT2D eigenvalue weighted by atomic mass is 16.1. The highest BCUT2D eigenvalue weighted by molar-refractivity contribution is 6.09. The number of aromatic nitrogens is 1. The Bertz CT molecular complexity index is 897. The molecule has 1 heterocycles. The molecular formula is C19H16N2O. The molecule has 0 saturated heterocycles. The summed E-state index contributed by atoms with van der Waals surface area (Å²) in [5, 5.41) is 10.0. The first-order chi connectivity index (χ1) is 10.6. The minimum absolute atomic E-state index is 0.0512. The first-order valence-electron chi connectivity index (χ1n) is 7.26. The lowest BCUT2D eigenvalue weighted by atomic mass is 10.0. The molecule has 0 fully saturated rings. The Morgan fingerprint density at radius 2 is 1.91 bits per heavy atom. The molecule has 2 aromatic carbocycles. The highest BCUT2D eigenvalue weighted by Gasteiger charge is 2.18. The van der Waals surface area contributed by atoms with Gasteiger partial charge in [-0.15, -0.1) is 0 Å². The van der Waals surface area contributed by atoms with E-state index in [1.165, 1.54) is 0 Å². The van der Waals surface area contributed by atoms with Crippen molar-refractivity contribution in [3.8, 4) is 11.8 Å². The molecule has 22 heavy (non-hydrogen) atoms. The maximum atomic E-state index is 12.5. The van der Waals surface area contributed by atoms with Crippen molar-refractivity contribution in [3.63, 3.8) is 0 Å². The SMILES string of the molecule is CC(C)C(=O)c1cn(-c2cccc(C#N)c2)c2ccccc12. The standard InChI is InChI=1S/C19H16N2O/c1-13(2)19(22)17-12-21(18-9-4-3-8-16(17)18)15-7-5-6-14(10-15)11-20/h3-10,12-13H,1-2H3. The Morgan fingerprint density at radius 3 is 2.64 bits per heavy atom. The Hall–Kier alpha value is -2.86. The summed E-state index contributed by atoms with van der Waals surface area (Å²) >= 11 is 0. The maximum absolute atomic E-state index is 12.5. The van der Waals surface area contributed by atoms with Crippen LogP contribution >= 0.6 is 0 Å². The fourth-order valence-electron chi connectivity index (χ4n) is 2.63. The highest BCUT2D eigenvalue weighted by Crippen LogP contribution is 2.27. The zero-order chi connectivity index (χ0) is 15.7. The Labute approximate surface area is 129 Å². The van der Waals surface area contributed by atoms with Gasteiger partial charge in [0.05, 0.1) is 17.1 Å². The second-order valence-corrected chi connectivity index (χ2v) is 5.61. The molecular weight excluding hydrogens is 272 g/mol. The van der Waals surface area contributed by atoms with Crippen molar-refractivity contribution in [3.05, 3.63) is 65.9 Å². The van der Waals surface area contributed by atoms with Gasteiger partial charge in [0.25, 0.3) is 0 Å². The third kappa shape index (κ3) is 2.29. The van der Waals surface area contributed by atoms with E-state index < -0.39 is 0 Å². The van der Waals surface area contributed by atoms with E-state index in [1.54, 1.807) is 6.07 Å². The van der Waals surface area contributed by atoms with Crippen LogP contribution in [0.4, 0.5) is 0 Å². The van der Waals surface area contributed by atoms with Crippen LogP contribution in [-0.2, 0) is 0 Å². The number of carbonyl (C=O) groups is 1. The third-order valence-electron chi connectivity index (χ3n) is 3.76. The Balaban J connectivity index is 2.27. The van der Waals surface area contributed by atoms with Crippen molar-refractivity contribution in [1.29, 1.82) is 5.26 Å². The van der Waals surface area contributed by atoms with E-state index >= 15 is 0 Å². The zero-order valence-corrected chi connectivity index (χ0v) is 12.6. The molecule has 0 spiro atoms. The predicted molar refractivity (Wildman–Crippen MR) is 87.2 cm³/mol. The number of nitriles is 1. The number of nitrogens with zero attached hydrogens (tertiary/aromatic N) is 2. The fraction of sp³-hybridized carbons (Fsp3) is 0.158. The molecule has 108 valence electrons. The number of fused-ring (bicyclic) bond motifs is 1. The molecule has 0 aliphatic carbocycles. The van der Waals surface area contributed by atoms with Crippen molar-refractivity contribution in [2.75, 3.05) is 0 Å². The molecule has 0 unspecified atom stereocenters. The second-order valence-electron chi connectivity index (χ2n) is 5.61. The van der Waals surface area contributed by atoms with Gasteiger partial charge in [0.2, 0.25) is 0 Å². The normalized spacial score (nSPS) is 10.8. The van der Waals surface area contributed by atoms with Gasteiger partial charge in [0, 0.05) is 28.8 Å². The lowest BCUT2D eigenvalue weighted by molar-refractivity contribution is 0.0941. The molecule has 0 radical (unpaired) electrons. The average molecular weight is 288 g/mol. The lowest BCUT2D eigenvalue weighted by Gasteiger charge is -2.05. The maximum Gasteiger partial charge on any atom is 0.167 e. The van der Waals surface area contributed by atoms with Gasteiger partial charge in [-0.1, -0.05) is 38.1 Å². The van der Waals surface area contributed by atoms with E-state index in [2.05, 4.69) is 6.07 Å². The molecule has 0 saturated carbocycles. The van der Waals surface area contributed by atoms with Crippen LogP contribution in [0.1, 0.15) is 29.8 Å². The van der Waals surface area contributed by atoms with E-state index in [-0.39, 0.29) is 11.7 Å². The van der Waals surface area contributed by atoms with Crippen LogP contribution in [0.15, 0.2) is 54.7 Å².